The van der Waals surface area contributed by atoms with E-state index in [2.05, 4.69) is 34.2 Å². The Balaban J connectivity index is 1.33. The third-order valence-electron chi connectivity index (χ3n) is 6.17. The van der Waals surface area contributed by atoms with Crippen molar-refractivity contribution < 1.29 is 9.59 Å². The van der Waals surface area contributed by atoms with Crippen LogP contribution in [0.4, 0.5) is 11.4 Å². The molecule has 0 radical (unpaired) electrons. The number of rotatable bonds is 4. The molecule has 0 bridgehead atoms. The van der Waals surface area contributed by atoms with E-state index in [9.17, 15) is 9.59 Å². The third-order valence-corrected chi connectivity index (χ3v) is 6.59. The quantitative estimate of drug-likeness (QED) is 0.808. The number of hydrogen-bond donors (Lipinski definition) is 1. The Morgan fingerprint density at radius 3 is 2.73 bits per heavy atom. The lowest BCUT2D eigenvalue weighted by molar-refractivity contribution is -0.119. The van der Waals surface area contributed by atoms with Crippen molar-refractivity contribution in [3.05, 3.63) is 58.1 Å². The second-order valence-electron chi connectivity index (χ2n) is 8.45. The monoisotopic (exact) mass is 425 g/mol. The van der Waals surface area contributed by atoms with Crippen molar-refractivity contribution in [1.29, 1.82) is 0 Å². The van der Waals surface area contributed by atoms with Crippen LogP contribution in [0.2, 0.25) is 5.02 Å². The third kappa shape index (κ3) is 4.68. The molecular formula is C24H28ClN3O2. The summed E-state index contributed by atoms with van der Waals surface area (Å²) in [6.07, 6.45) is 1.87. The molecule has 4 rings (SSSR count). The summed E-state index contributed by atoms with van der Waals surface area (Å²) < 4.78 is 0. The number of carbonyl (C=O) groups excluding carboxylic acids is 2. The minimum Gasteiger partial charge on any atom is -0.369 e. The Bertz CT molecular complexity index is 975. The summed E-state index contributed by atoms with van der Waals surface area (Å²) in [5, 5.41) is 3.82. The fraction of sp³-hybridized carbons (Fsp3) is 0.417. The summed E-state index contributed by atoms with van der Waals surface area (Å²) in [6.45, 7) is 7.16. The number of aryl methyl sites for hydroxylation is 2. The smallest absolute Gasteiger partial charge is 0.238 e. The molecule has 30 heavy (non-hydrogen) atoms. The summed E-state index contributed by atoms with van der Waals surface area (Å²) in [5.41, 5.74) is 5.34. The van der Waals surface area contributed by atoms with Crippen molar-refractivity contribution >= 4 is 34.7 Å². The van der Waals surface area contributed by atoms with Gasteiger partial charge in [0.05, 0.1) is 6.54 Å². The van der Waals surface area contributed by atoms with Gasteiger partial charge in [-0.1, -0.05) is 17.7 Å². The second kappa shape index (κ2) is 8.78. The number of fused-ring (bicyclic) bond motifs is 1. The lowest BCUT2D eigenvalue weighted by Gasteiger charge is -2.40. The highest BCUT2D eigenvalue weighted by molar-refractivity contribution is 6.31. The van der Waals surface area contributed by atoms with Gasteiger partial charge in [0.1, 0.15) is 5.78 Å². The Morgan fingerprint density at radius 1 is 1.13 bits per heavy atom. The zero-order chi connectivity index (χ0) is 21.3. The van der Waals surface area contributed by atoms with Gasteiger partial charge >= 0.3 is 0 Å². The Kier molecular flexibility index (Phi) is 6.11. The standard InChI is InChI=1S/C24H28ClN3O2/c1-16-11-21(6-8-23(16)25)28-10-9-27(17(2)14-28)15-24(30)26-20-5-3-19-13-22(29)7-4-18(19)12-20/h3,5-6,8,11-12,17H,4,7,9-10,13-15H2,1-2H3,(H,26,30)/t17-/m1/s1. The van der Waals surface area contributed by atoms with E-state index in [-0.39, 0.29) is 11.9 Å². The van der Waals surface area contributed by atoms with E-state index in [1.165, 1.54) is 11.3 Å². The molecule has 0 spiro atoms. The number of halogens is 1. The number of benzene rings is 2. The summed E-state index contributed by atoms with van der Waals surface area (Å²) in [5.74, 6) is 0.297. The zero-order valence-electron chi connectivity index (χ0n) is 17.6. The van der Waals surface area contributed by atoms with Gasteiger partial charge in [0, 0.05) is 54.9 Å². The van der Waals surface area contributed by atoms with Crippen LogP contribution in [0.25, 0.3) is 0 Å². The van der Waals surface area contributed by atoms with Crippen LogP contribution < -0.4 is 10.2 Å². The van der Waals surface area contributed by atoms with Crippen molar-refractivity contribution in [2.45, 2.75) is 39.2 Å². The van der Waals surface area contributed by atoms with E-state index >= 15 is 0 Å². The maximum atomic E-state index is 12.6. The number of piperazine rings is 1. The number of ketones is 1. The largest absolute Gasteiger partial charge is 0.369 e. The molecule has 1 amide bonds. The summed E-state index contributed by atoms with van der Waals surface area (Å²) in [6, 6.07) is 12.3. The van der Waals surface area contributed by atoms with Crippen LogP contribution in [-0.2, 0) is 22.4 Å². The number of Topliss-reactive ketones (excluding diaryl/α,β-unsaturated/α-hetero) is 1. The molecule has 1 aliphatic carbocycles. The Morgan fingerprint density at radius 2 is 1.97 bits per heavy atom. The van der Waals surface area contributed by atoms with Crippen molar-refractivity contribution in [3.8, 4) is 0 Å². The first-order chi connectivity index (χ1) is 14.4. The van der Waals surface area contributed by atoms with Crippen LogP contribution in [-0.4, -0.2) is 48.8 Å². The summed E-state index contributed by atoms with van der Waals surface area (Å²) >= 11 is 6.15. The van der Waals surface area contributed by atoms with E-state index in [1.807, 2.05) is 31.2 Å². The summed E-state index contributed by atoms with van der Waals surface area (Å²) in [4.78, 5) is 28.8. The van der Waals surface area contributed by atoms with Crippen LogP contribution in [0.5, 0.6) is 0 Å². The van der Waals surface area contributed by atoms with Crippen LogP contribution in [0.1, 0.15) is 30.0 Å². The van der Waals surface area contributed by atoms with Crippen molar-refractivity contribution in [2.24, 2.45) is 0 Å². The fourth-order valence-corrected chi connectivity index (χ4v) is 4.48. The van der Waals surface area contributed by atoms with Gasteiger partial charge in [-0.25, -0.2) is 0 Å². The molecule has 1 atom stereocenters. The van der Waals surface area contributed by atoms with Crippen LogP contribution in [0.15, 0.2) is 36.4 Å². The van der Waals surface area contributed by atoms with E-state index in [0.29, 0.717) is 25.2 Å². The lowest BCUT2D eigenvalue weighted by Crippen LogP contribution is -2.53. The van der Waals surface area contributed by atoms with Crippen molar-refractivity contribution in [1.82, 2.24) is 4.90 Å². The van der Waals surface area contributed by atoms with Gasteiger partial charge in [0.15, 0.2) is 0 Å². The molecule has 0 saturated carbocycles. The van der Waals surface area contributed by atoms with Gasteiger partial charge in [-0.2, -0.15) is 0 Å². The summed E-state index contributed by atoms with van der Waals surface area (Å²) in [7, 11) is 0. The molecule has 6 heteroatoms. The molecule has 1 fully saturated rings. The highest BCUT2D eigenvalue weighted by Gasteiger charge is 2.26. The molecule has 0 unspecified atom stereocenters. The van der Waals surface area contributed by atoms with Gasteiger partial charge in [-0.15, -0.1) is 0 Å². The molecule has 1 heterocycles. The van der Waals surface area contributed by atoms with Gasteiger partial charge in [-0.05, 0) is 67.3 Å². The highest BCUT2D eigenvalue weighted by Crippen LogP contribution is 2.25. The van der Waals surface area contributed by atoms with E-state index in [4.69, 9.17) is 11.6 Å². The Hall–Kier alpha value is -2.37. The molecule has 2 aromatic carbocycles. The van der Waals surface area contributed by atoms with E-state index in [0.717, 1.165) is 47.9 Å². The highest BCUT2D eigenvalue weighted by atomic mass is 35.5. The zero-order valence-corrected chi connectivity index (χ0v) is 18.3. The SMILES string of the molecule is Cc1cc(N2CCN(CC(=O)Nc3ccc4c(c3)CCC(=O)C4)[C@H](C)C2)ccc1Cl. The average molecular weight is 426 g/mol. The maximum Gasteiger partial charge on any atom is 0.238 e. The van der Waals surface area contributed by atoms with Crippen LogP contribution in [0.3, 0.4) is 0 Å². The number of nitrogens with zero attached hydrogens (tertiary/aromatic N) is 2. The minimum absolute atomic E-state index is 0.00414. The van der Waals surface area contributed by atoms with Gasteiger partial charge in [0.2, 0.25) is 5.91 Å². The van der Waals surface area contributed by atoms with E-state index < -0.39 is 0 Å². The average Bonchev–Trinajstić information content (AvgIpc) is 2.71. The molecule has 2 aromatic rings. The second-order valence-corrected chi connectivity index (χ2v) is 8.85. The number of carbonyl (C=O) groups is 2. The number of hydrogen-bond acceptors (Lipinski definition) is 4. The van der Waals surface area contributed by atoms with Crippen LogP contribution >= 0.6 is 11.6 Å². The van der Waals surface area contributed by atoms with Crippen molar-refractivity contribution in [2.75, 3.05) is 36.4 Å². The topological polar surface area (TPSA) is 52.6 Å². The molecule has 2 aliphatic rings. The molecule has 158 valence electrons. The maximum absolute atomic E-state index is 12.6. The number of nitrogens with one attached hydrogen (secondary N) is 1. The van der Waals surface area contributed by atoms with E-state index in [1.54, 1.807) is 0 Å². The van der Waals surface area contributed by atoms with Crippen molar-refractivity contribution in [3.63, 3.8) is 0 Å². The first-order valence-corrected chi connectivity index (χ1v) is 11.0. The molecular weight excluding hydrogens is 398 g/mol. The number of anilines is 2. The molecule has 1 aliphatic heterocycles. The Labute approximate surface area is 183 Å². The van der Waals surface area contributed by atoms with Gasteiger partial charge < -0.3 is 10.2 Å². The number of amides is 1. The van der Waals surface area contributed by atoms with Gasteiger partial charge in [0.25, 0.3) is 0 Å². The van der Waals surface area contributed by atoms with Crippen LogP contribution in [0, 0.1) is 6.92 Å². The first kappa shape index (κ1) is 20.9. The predicted octanol–water partition coefficient (Wildman–Crippen LogP) is 3.86. The fourth-order valence-electron chi connectivity index (χ4n) is 4.36. The lowest BCUT2D eigenvalue weighted by atomic mass is 9.90. The predicted molar refractivity (Wildman–Crippen MR) is 122 cm³/mol. The normalized spacial score (nSPS) is 19.5. The molecule has 5 nitrogen and oxygen atoms in total. The molecule has 0 aromatic heterocycles. The molecule has 1 saturated heterocycles. The van der Waals surface area contributed by atoms with Gasteiger partial charge in [-0.3, -0.25) is 14.5 Å². The molecule has 1 N–H and O–H groups in total. The first-order valence-electron chi connectivity index (χ1n) is 10.6. The minimum atomic E-state index is 0.00414.